The number of nitrogens with one attached hydrogen (secondary N) is 1. The Hall–Kier alpha value is -3.10. The minimum Gasteiger partial charge on any atom is -0.339 e. The Balaban J connectivity index is 1.71. The van der Waals surface area contributed by atoms with Crippen molar-refractivity contribution in [1.82, 2.24) is 14.9 Å². The molecule has 0 spiro atoms. The van der Waals surface area contributed by atoms with Crippen LogP contribution in [0, 0.1) is 11.6 Å². The lowest BCUT2D eigenvalue weighted by Crippen LogP contribution is -2.48. The topological polar surface area (TPSA) is 78.4 Å². The average Bonchev–Trinajstić information content (AvgIpc) is 2.64. The summed E-state index contributed by atoms with van der Waals surface area (Å²) in [5, 5.41) is 2.36. The Bertz CT molecular complexity index is 838. The van der Waals surface area contributed by atoms with Gasteiger partial charge in [-0.3, -0.25) is 9.59 Å². The van der Waals surface area contributed by atoms with Crippen molar-refractivity contribution in [1.29, 1.82) is 0 Å². The Morgan fingerprint density at radius 1 is 1.12 bits per heavy atom. The van der Waals surface area contributed by atoms with Gasteiger partial charge in [0.25, 0.3) is 5.91 Å². The average molecular weight is 361 g/mol. The fourth-order valence-corrected chi connectivity index (χ4v) is 2.63. The molecule has 9 heteroatoms. The lowest BCUT2D eigenvalue weighted by molar-refractivity contribution is -0.129. The van der Waals surface area contributed by atoms with E-state index >= 15 is 0 Å². The number of rotatable bonds is 3. The molecule has 136 valence electrons. The number of hydrogen-bond acceptors (Lipinski definition) is 5. The Kier molecular flexibility index (Phi) is 5.06. The van der Waals surface area contributed by atoms with E-state index in [1.807, 2.05) is 4.90 Å². The van der Waals surface area contributed by atoms with Crippen molar-refractivity contribution in [3.63, 3.8) is 0 Å². The van der Waals surface area contributed by atoms with Crippen molar-refractivity contribution >= 4 is 23.5 Å². The van der Waals surface area contributed by atoms with Gasteiger partial charge in [0.15, 0.2) is 0 Å². The fraction of sp³-hybridized carbons (Fsp3) is 0.294. The molecule has 1 aliphatic heterocycles. The van der Waals surface area contributed by atoms with E-state index < -0.39 is 17.5 Å². The molecular weight excluding hydrogens is 344 g/mol. The number of benzene rings is 1. The van der Waals surface area contributed by atoms with Crippen LogP contribution in [-0.4, -0.2) is 52.9 Å². The number of carbonyl (C=O) groups is 2. The number of aromatic nitrogens is 2. The lowest BCUT2D eigenvalue weighted by Gasteiger charge is -2.34. The predicted molar refractivity (Wildman–Crippen MR) is 90.8 cm³/mol. The summed E-state index contributed by atoms with van der Waals surface area (Å²) >= 11 is 0. The first-order valence-electron chi connectivity index (χ1n) is 8.04. The van der Waals surface area contributed by atoms with Crippen molar-refractivity contribution in [3.8, 4) is 0 Å². The van der Waals surface area contributed by atoms with Crippen LogP contribution < -0.4 is 10.2 Å². The van der Waals surface area contributed by atoms with Crippen LogP contribution in [0.4, 0.5) is 20.4 Å². The van der Waals surface area contributed by atoms with Gasteiger partial charge in [0.05, 0.1) is 5.69 Å². The molecule has 1 saturated heterocycles. The van der Waals surface area contributed by atoms with Gasteiger partial charge in [-0.1, -0.05) is 0 Å². The number of anilines is 2. The van der Waals surface area contributed by atoms with Crippen LogP contribution in [0.25, 0.3) is 0 Å². The molecule has 2 aromatic rings. The van der Waals surface area contributed by atoms with Crippen LogP contribution in [0.5, 0.6) is 0 Å². The number of halogens is 2. The third kappa shape index (κ3) is 3.93. The van der Waals surface area contributed by atoms with Crippen molar-refractivity contribution < 1.29 is 18.4 Å². The van der Waals surface area contributed by atoms with Crippen molar-refractivity contribution in [2.24, 2.45) is 0 Å². The van der Waals surface area contributed by atoms with Crippen molar-refractivity contribution in [2.45, 2.75) is 6.92 Å². The molecule has 0 saturated carbocycles. The summed E-state index contributed by atoms with van der Waals surface area (Å²) in [5.41, 5.74) is -0.0700. The van der Waals surface area contributed by atoms with E-state index in [-0.39, 0.29) is 17.3 Å². The first kappa shape index (κ1) is 17.7. The van der Waals surface area contributed by atoms with E-state index in [4.69, 9.17) is 0 Å². The van der Waals surface area contributed by atoms with Gasteiger partial charge in [-0.05, 0) is 18.2 Å². The predicted octanol–water partition coefficient (Wildman–Crippen LogP) is 1.68. The second-order valence-electron chi connectivity index (χ2n) is 5.81. The summed E-state index contributed by atoms with van der Waals surface area (Å²) in [4.78, 5) is 35.6. The van der Waals surface area contributed by atoms with Crippen molar-refractivity contribution in [3.05, 3.63) is 47.8 Å². The third-order valence-corrected chi connectivity index (χ3v) is 4.06. The summed E-state index contributed by atoms with van der Waals surface area (Å²) < 4.78 is 26.6. The number of amides is 2. The Morgan fingerprint density at radius 2 is 1.85 bits per heavy atom. The molecule has 1 aliphatic rings. The van der Waals surface area contributed by atoms with E-state index in [1.54, 1.807) is 4.90 Å². The molecule has 0 unspecified atom stereocenters. The highest BCUT2D eigenvalue weighted by atomic mass is 19.1. The molecule has 1 N–H and O–H groups in total. The van der Waals surface area contributed by atoms with E-state index in [9.17, 15) is 18.4 Å². The maximum atomic E-state index is 13.7. The monoisotopic (exact) mass is 361 g/mol. The van der Waals surface area contributed by atoms with E-state index in [1.165, 1.54) is 19.2 Å². The van der Waals surface area contributed by atoms with E-state index in [0.717, 1.165) is 12.1 Å². The molecule has 2 amide bonds. The van der Waals surface area contributed by atoms with Gasteiger partial charge >= 0.3 is 0 Å². The Morgan fingerprint density at radius 3 is 2.50 bits per heavy atom. The number of carbonyl (C=O) groups excluding carboxylic acids is 2. The molecular formula is C17H17F2N5O2. The summed E-state index contributed by atoms with van der Waals surface area (Å²) in [6.07, 6.45) is 1.44. The van der Waals surface area contributed by atoms with Gasteiger partial charge in [0, 0.05) is 45.4 Å². The maximum absolute atomic E-state index is 13.7. The minimum absolute atomic E-state index is 0.0139. The third-order valence-electron chi connectivity index (χ3n) is 4.06. The van der Waals surface area contributed by atoms with Crippen LogP contribution in [0.1, 0.15) is 17.4 Å². The zero-order chi connectivity index (χ0) is 18.7. The molecule has 7 nitrogen and oxygen atoms in total. The second kappa shape index (κ2) is 7.42. The van der Waals surface area contributed by atoms with Crippen LogP contribution in [-0.2, 0) is 4.79 Å². The summed E-state index contributed by atoms with van der Waals surface area (Å²) in [7, 11) is 0. The van der Waals surface area contributed by atoms with Crippen molar-refractivity contribution in [2.75, 3.05) is 36.4 Å². The number of nitrogens with zero attached hydrogens (tertiary/aromatic N) is 4. The van der Waals surface area contributed by atoms with E-state index in [2.05, 4.69) is 15.3 Å². The molecule has 1 aromatic heterocycles. The highest BCUT2D eigenvalue weighted by molar-refractivity contribution is 6.03. The van der Waals surface area contributed by atoms with Gasteiger partial charge < -0.3 is 15.1 Å². The lowest BCUT2D eigenvalue weighted by atomic mass is 10.2. The molecule has 0 bridgehead atoms. The molecule has 3 rings (SSSR count). The zero-order valence-electron chi connectivity index (χ0n) is 14.1. The van der Waals surface area contributed by atoms with Crippen LogP contribution in [0.3, 0.4) is 0 Å². The molecule has 2 heterocycles. The highest BCUT2D eigenvalue weighted by Gasteiger charge is 2.21. The summed E-state index contributed by atoms with van der Waals surface area (Å²) in [5.74, 6) is -1.84. The molecule has 1 fully saturated rings. The molecule has 26 heavy (non-hydrogen) atoms. The van der Waals surface area contributed by atoms with Gasteiger partial charge in [0.2, 0.25) is 11.9 Å². The van der Waals surface area contributed by atoms with Gasteiger partial charge in [0.1, 0.15) is 17.3 Å². The van der Waals surface area contributed by atoms with Gasteiger partial charge in [-0.15, -0.1) is 0 Å². The first-order chi connectivity index (χ1) is 12.4. The Labute approximate surface area is 148 Å². The number of piperazine rings is 1. The molecule has 1 aromatic carbocycles. The molecule has 0 atom stereocenters. The van der Waals surface area contributed by atoms with Crippen LogP contribution in [0.15, 0.2) is 30.5 Å². The smallest absolute Gasteiger partial charge is 0.274 e. The summed E-state index contributed by atoms with van der Waals surface area (Å²) in [6.45, 7) is 3.73. The van der Waals surface area contributed by atoms with Crippen LogP contribution in [0.2, 0.25) is 0 Å². The fourth-order valence-electron chi connectivity index (χ4n) is 2.63. The van der Waals surface area contributed by atoms with Gasteiger partial charge in [-0.2, -0.15) is 0 Å². The van der Waals surface area contributed by atoms with Crippen LogP contribution >= 0.6 is 0 Å². The van der Waals surface area contributed by atoms with Gasteiger partial charge in [-0.25, -0.2) is 18.7 Å². The largest absolute Gasteiger partial charge is 0.339 e. The summed E-state index contributed by atoms with van der Waals surface area (Å²) in [6, 6.07) is 4.30. The minimum atomic E-state index is -0.868. The standard InChI is InChI=1S/C17H17F2N5O2/c1-11(25)23-6-8-24(9-7-23)17-20-5-4-15(22-17)16(26)21-14-3-2-12(18)10-13(14)19/h2-5,10H,6-9H2,1H3,(H,21,26). The SMILES string of the molecule is CC(=O)N1CCN(c2nccc(C(=O)Nc3ccc(F)cc3F)n2)CC1. The van der Waals surface area contributed by atoms with E-state index in [0.29, 0.717) is 38.2 Å². The molecule has 0 radical (unpaired) electrons. The number of hydrogen-bond donors (Lipinski definition) is 1. The first-order valence-corrected chi connectivity index (χ1v) is 8.04. The molecule has 0 aliphatic carbocycles. The second-order valence-corrected chi connectivity index (χ2v) is 5.81. The normalized spacial score (nSPS) is 14.3. The highest BCUT2D eigenvalue weighted by Crippen LogP contribution is 2.17. The zero-order valence-corrected chi connectivity index (χ0v) is 14.1. The quantitative estimate of drug-likeness (QED) is 0.900. The maximum Gasteiger partial charge on any atom is 0.274 e.